The Balaban J connectivity index is 4.09. The van der Waals surface area contributed by atoms with E-state index in [9.17, 15) is 19.0 Å². The first-order valence-electron chi connectivity index (χ1n) is 29.2. The van der Waals surface area contributed by atoms with Crippen molar-refractivity contribution in [3.05, 3.63) is 134 Å². The van der Waals surface area contributed by atoms with Gasteiger partial charge in [0, 0.05) is 19.4 Å². The van der Waals surface area contributed by atoms with Gasteiger partial charge in [-0.15, -0.1) is 0 Å². The quantitative estimate of drug-likeness (QED) is 0.0264. The fourth-order valence-electron chi connectivity index (χ4n) is 7.52. The zero-order chi connectivity index (χ0) is 53.8. The molecule has 0 radical (unpaired) electrons. The fraction of sp³-hybridized carbons (Fsp3) is 0.625. The summed E-state index contributed by atoms with van der Waals surface area (Å²) < 4.78 is 32.9. The summed E-state index contributed by atoms with van der Waals surface area (Å²) in [6.07, 6.45) is 82.2. The van der Waals surface area contributed by atoms with Gasteiger partial charge in [0.25, 0.3) is 0 Å². The molecular formula is C64H106NO8P. The second-order valence-corrected chi connectivity index (χ2v) is 20.2. The number of hydrogen-bond acceptors (Lipinski definition) is 8. The number of carbonyl (C=O) groups excluding carboxylic acids is 2. The second-order valence-electron chi connectivity index (χ2n) is 18.8. The van der Waals surface area contributed by atoms with Crippen molar-refractivity contribution in [2.24, 2.45) is 5.73 Å². The maximum atomic E-state index is 12.7. The summed E-state index contributed by atoms with van der Waals surface area (Å²) in [6, 6.07) is 0. The molecule has 0 saturated carbocycles. The molecule has 0 amide bonds. The summed E-state index contributed by atoms with van der Waals surface area (Å²) in [5.74, 6) is -0.871. The molecular weight excluding hydrogens is 942 g/mol. The number of allylic oxidation sites excluding steroid dienone is 22. The molecule has 2 atom stereocenters. The molecule has 2 unspecified atom stereocenters. The summed E-state index contributed by atoms with van der Waals surface area (Å²) in [5.41, 5.74) is 5.37. The molecule has 0 aromatic carbocycles. The molecule has 420 valence electrons. The van der Waals surface area contributed by atoms with Gasteiger partial charge in [-0.05, 0) is 96.3 Å². The molecule has 0 aliphatic heterocycles. The van der Waals surface area contributed by atoms with Crippen molar-refractivity contribution < 1.29 is 37.6 Å². The maximum absolute atomic E-state index is 12.7. The molecule has 0 fully saturated rings. The highest BCUT2D eigenvalue weighted by atomic mass is 31.2. The lowest BCUT2D eigenvalue weighted by molar-refractivity contribution is -0.161. The number of phosphoric ester groups is 1. The average Bonchev–Trinajstić information content (AvgIpc) is 3.39. The van der Waals surface area contributed by atoms with E-state index >= 15 is 0 Å². The van der Waals surface area contributed by atoms with E-state index in [2.05, 4.69) is 148 Å². The lowest BCUT2D eigenvalue weighted by atomic mass is 10.0. The first kappa shape index (κ1) is 70.1. The van der Waals surface area contributed by atoms with Crippen molar-refractivity contribution >= 4 is 19.8 Å². The number of rotatable bonds is 53. The molecule has 0 aliphatic carbocycles. The third kappa shape index (κ3) is 57.4. The Morgan fingerprint density at radius 1 is 0.419 bits per heavy atom. The molecule has 0 aromatic rings. The van der Waals surface area contributed by atoms with Crippen LogP contribution in [0.1, 0.15) is 226 Å². The van der Waals surface area contributed by atoms with E-state index < -0.39 is 32.5 Å². The first-order chi connectivity index (χ1) is 36.3. The van der Waals surface area contributed by atoms with Crippen molar-refractivity contribution in [3.8, 4) is 0 Å². The molecule has 0 rings (SSSR count). The second kappa shape index (κ2) is 58.4. The van der Waals surface area contributed by atoms with Gasteiger partial charge in [0.1, 0.15) is 6.61 Å². The van der Waals surface area contributed by atoms with Gasteiger partial charge in [0.15, 0.2) is 6.10 Å². The summed E-state index contributed by atoms with van der Waals surface area (Å²) in [4.78, 5) is 35.1. The Morgan fingerprint density at radius 2 is 0.743 bits per heavy atom. The highest BCUT2D eigenvalue weighted by Gasteiger charge is 2.26. The van der Waals surface area contributed by atoms with Gasteiger partial charge in [0.05, 0.1) is 13.2 Å². The first-order valence-corrected chi connectivity index (χ1v) is 30.7. The van der Waals surface area contributed by atoms with Crippen LogP contribution < -0.4 is 5.73 Å². The van der Waals surface area contributed by atoms with Crippen LogP contribution in [0.5, 0.6) is 0 Å². The van der Waals surface area contributed by atoms with Crippen LogP contribution >= 0.6 is 7.82 Å². The molecule has 3 N–H and O–H groups in total. The third-order valence-corrected chi connectivity index (χ3v) is 12.8. The van der Waals surface area contributed by atoms with E-state index in [1.54, 1.807) is 0 Å². The third-order valence-electron chi connectivity index (χ3n) is 11.8. The van der Waals surface area contributed by atoms with Gasteiger partial charge in [-0.25, -0.2) is 4.57 Å². The standard InChI is InChI=1S/C64H106NO8P/c1-3-5-7-9-11-13-15-17-19-21-22-23-24-25-26-27-28-29-30-31-32-33-34-35-36-37-38-39-40-41-43-45-47-49-51-53-55-57-64(67)73-62(61-72-74(68,69)71-59-58-65)60-70-63(66)56-54-52-50-48-46-44-42-20-18-16-14-12-10-8-6-4-2/h5,7,11,13,17,19,22-23,25-26,28-29,31-32,34-35,37-38,40-41,45,47,62H,3-4,6,8-10,12,14-16,18,20-21,24,27,30,33,36,39,42-44,46,48-61,65H2,1-2H3,(H,68,69)/b7-5-,13-11-,19-17-,23-22-,26-25-,29-28-,32-31-,35-34-,38-37-,41-40-,47-45-. The Morgan fingerprint density at radius 3 is 1.11 bits per heavy atom. The number of esters is 2. The Kier molecular flexibility index (Phi) is 55.4. The van der Waals surface area contributed by atoms with E-state index in [0.29, 0.717) is 6.42 Å². The molecule has 0 aromatic heterocycles. The zero-order valence-corrected chi connectivity index (χ0v) is 47.7. The van der Waals surface area contributed by atoms with Crippen LogP contribution in [0, 0.1) is 0 Å². The van der Waals surface area contributed by atoms with Crippen LogP contribution in [0.4, 0.5) is 0 Å². The van der Waals surface area contributed by atoms with Gasteiger partial charge in [-0.3, -0.25) is 18.6 Å². The molecule has 9 nitrogen and oxygen atoms in total. The molecule has 0 bridgehead atoms. The van der Waals surface area contributed by atoms with Gasteiger partial charge in [0.2, 0.25) is 0 Å². The van der Waals surface area contributed by atoms with E-state index in [0.717, 1.165) is 109 Å². The largest absolute Gasteiger partial charge is 0.472 e. The highest BCUT2D eigenvalue weighted by Crippen LogP contribution is 2.43. The smallest absolute Gasteiger partial charge is 0.462 e. The summed E-state index contributed by atoms with van der Waals surface area (Å²) in [7, 11) is -4.40. The normalized spacial score (nSPS) is 14.1. The van der Waals surface area contributed by atoms with Crippen molar-refractivity contribution in [1.82, 2.24) is 0 Å². The molecule has 0 saturated heterocycles. The number of ether oxygens (including phenoxy) is 2. The van der Waals surface area contributed by atoms with Gasteiger partial charge in [-0.2, -0.15) is 0 Å². The minimum atomic E-state index is -4.40. The van der Waals surface area contributed by atoms with Gasteiger partial charge in [-0.1, -0.05) is 250 Å². The minimum absolute atomic E-state index is 0.0419. The zero-order valence-electron chi connectivity index (χ0n) is 46.8. The van der Waals surface area contributed by atoms with Gasteiger partial charge < -0.3 is 20.1 Å². The molecule has 0 heterocycles. The Bertz CT molecular complexity index is 1670. The summed E-state index contributed by atoms with van der Waals surface area (Å²) in [5, 5.41) is 0. The lowest BCUT2D eigenvalue weighted by Gasteiger charge is -2.19. The van der Waals surface area contributed by atoms with Crippen LogP contribution in [0.25, 0.3) is 0 Å². The lowest BCUT2D eigenvalue weighted by Crippen LogP contribution is -2.29. The van der Waals surface area contributed by atoms with Crippen molar-refractivity contribution in [3.63, 3.8) is 0 Å². The average molecular weight is 1050 g/mol. The molecule has 10 heteroatoms. The number of hydrogen-bond donors (Lipinski definition) is 2. The fourth-order valence-corrected chi connectivity index (χ4v) is 8.29. The predicted octanol–water partition coefficient (Wildman–Crippen LogP) is 18.6. The predicted molar refractivity (Wildman–Crippen MR) is 316 cm³/mol. The minimum Gasteiger partial charge on any atom is -0.462 e. The Labute approximate surface area is 453 Å². The van der Waals surface area contributed by atoms with Gasteiger partial charge >= 0.3 is 19.8 Å². The number of unbranched alkanes of at least 4 members (excludes halogenated alkanes) is 18. The van der Waals surface area contributed by atoms with Crippen LogP contribution in [0.3, 0.4) is 0 Å². The number of phosphoric acid groups is 1. The number of nitrogens with two attached hydrogens (primary N) is 1. The monoisotopic (exact) mass is 1050 g/mol. The highest BCUT2D eigenvalue weighted by molar-refractivity contribution is 7.47. The molecule has 0 spiro atoms. The number of carbonyl (C=O) groups is 2. The summed E-state index contributed by atoms with van der Waals surface area (Å²) in [6.45, 7) is 3.58. The van der Waals surface area contributed by atoms with Crippen LogP contribution in [0.15, 0.2) is 134 Å². The topological polar surface area (TPSA) is 134 Å². The van der Waals surface area contributed by atoms with E-state index in [1.807, 2.05) is 0 Å². The van der Waals surface area contributed by atoms with E-state index in [-0.39, 0.29) is 32.6 Å². The molecule has 0 aliphatic rings. The molecule has 74 heavy (non-hydrogen) atoms. The Hall–Kier alpha value is -3.85. The van der Waals surface area contributed by atoms with Crippen molar-refractivity contribution in [1.29, 1.82) is 0 Å². The van der Waals surface area contributed by atoms with Crippen molar-refractivity contribution in [2.45, 2.75) is 232 Å². The summed E-state index contributed by atoms with van der Waals surface area (Å²) >= 11 is 0. The SMILES string of the molecule is CC/C=C\C/C=C\C/C=C\C/C=C\C/C=C\C/C=C\C/C=C\C/C=C\C/C=C\C/C=C\C/C=C\CCCCCC(=O)OC(COC(=O)CCCCCCCCCCCCCCCCCC)COP(=O)(O)OCCN. The van der Waals surface area contributed by atoms with Crippen LogP contribution in [0.2, 0.25) is 0 Å². The van der Waals surface area contributed by atoms with E-state index in [1.165, 1.54) is 83.5 Å². The van der Waals surface area contributed by atoms with E-state index in [4.69, 9.17) is 24.3 Å². The maximum Gasteiger partial charge on any atom is 0.472 e. The van der Waals surface area contributed by atoms with Crippen molar-refractivity contribution in [2.75, 3.05) is 26.4 Å². The van der Waals surface area contributed by atoms with Crippen LogP contribution in [-0.4, -0.2) is 49.3 Å². The van der Waals surface area contributed by atoms with Crippen LogP contribution in [-0.2, 0) is 32.7 Å².